The van der Waals surface area contributed by atoms with Crippen LogP contribution in [-0.4, -0.2) is 87.5 Å². The van der Waals surface area contributed by atoms with Gasteiger partial charge < -0.3 is 20.9 Å². The molecule has 1 saturated heterocycles. The molecule has 2 aromatic heterocycles. The number of hydrogen-bond donors (Lipinski definition) is 4. The average molecular weight is 431 g/mol. The first-order valence-corrected chi connectivity index (χ1v) is 9.78. The molecule has 4 atom stereocenters. The Morgan fingerprint density at radius 2 is 2.21 bits per heavy atom. The Kier molecular flexibility index (Phi) is 5.97. The van der Waals surface area contributed by atoms with Crippen molar-refractivity contribution < 1.29 is 31.8 Å². The molecule has 0 aromatic carbocycles. The third kappa shape index (κ3) is 4.44. The zero-order valence-electron chi connectivity index (χ0n) is 15.5. The first-order chi connectivity index (χ1) is 13.6. The number of aromatic nitrogens is 4. The van der Waals surface area contributed by atoms with Crippen molar-refractivity contribution in [1.29, 1.82) is 0 Å². The molecule has 0 spiro atoms. The minimum Gasteiger partial charge on any atom is -0.385 e. The van der Waals surface area contributed by atoms with Gasteiger partial charge in [-0.3, -0.25) is 18.8 Å². The lowest BCUT2D eigenvalue weighted by atomic mass is 10.1. The number of imidazole rings is 1. The van der Waals surface area contributed by atoms with Crippen molar-refractivity contribution in [2.75, 3.05) is 26.0 Å². The van der Waals surface area contributed by atoms with Gasteiger partial charge in [-0.2, -0.15) is 8.42 Å². The highest BCUT2D eigenvalue weighted by atomic mass is 32.3. The summed E-state index contributed by atoms with van der Waals surface area (Å²) >= 11 is 0. The number of likely N-dealkylation sites (N-methyl/N-ethyl adjacent to an activating group) is 1. The van der Waals surface area contributed by atoms with Crippen LogP contribution in [0.1, 0.15) is 12.1 Å². The van der Waals surface area contributed by atoms with Crippen molar-refractivity contribution in [2.45, 2.75) is 31.5 Å². The van der Waals surface area contributed by atoms with Gasteiger partial charge in [-0.05, 0) is 14.0 Å². The molecule has 15 heteroatoms. The highest BCUT2D eigenvalue weighted by molar-refractivity contribution is 7.80. The molecule has 1 amide bonds. The lowest BCUT2D eigenvalue weighted by Crippen LogP contribution is -2.43. The molecule has 0 aliphatic carbocycles. The lowest BCUT2D eigenvalue weighted by molar-refractivity contribution is -0.110. The van der Waals surface area contributed by atoms with Gasteiger partial charge in [0.1, 0.15) is 30.5 Å². The van der Waals surface area contributed by atoms with Gasteiger partial charge >= 0.3 is 10.4 Å². The molecule has 29 heavy (non-hydrogen) atoms. The first kappa shape index (κ1) is 21.3. The summed E-state index contributed by atoms with van der Waals surface area (Å²) in [7, 11) is -3.24. The first-order valence-electron chi connectivity index (χ1n) is 8.42. The van der Waals surface area contributed by atoms with Gasteiger partial charge in [0, 0.05) is 6.54 Å². The molecule has 5 N–H and O–H groups in total. The Bertz CT molecular complexity index is 998. The van der Waals surface area contributed by atoms with Crippen LogP contribution >= 0.6 is 0 Å². The Balaban J connectivity index is 1.95. The standard InChI is InChI=1S/C14H21N7O7S/c1-7-19-9-12(15)17-4-18-13(9)21(7)14-10(23)11(28-29(24,25)26)8(27-14)3-20(2)5-16-6-22/h4,6,8,10-11,14,23H,3,5H2,1-2H3,(H,16,22)(H2,15,17,18)(H,24,25,26)/t8-,10-,11-,14-/m1/s1. The topological polar surface area (TPSA) is 195 Å². The van der Waals surface area contributed by atoms with Gasteiger partial charge in [0.25, 0.3) is 0 Å². The van der Waals surface area contributed by atoms with Crippen molar-refractivity contribution in [1.82, 2.24) is 29.7 Å². The maximum Gasteiger partial charge on any atom is 0.397 e. The number of nitrogens with one attached hydrogen (secondary N) is 1. The van der Waals surface area contributed by atoms with Gasteiger partial charge in [-0.1, -0.05) is 0 Å². The molecule has 0 unspecified atom stereocenters. The number of aliphatic hydroxyl groups is 1. The molecule has 0 bridgehead atoms. The molecular weight excluding hydrogens is 410 g/mol. The Hall–Kier alpha value is -2.43. The van der Waals surface area contributed by atoms with Crippen molar-refractivity contribution in [3.05, 3.63) is 12.2 Å². The van der Waals surface area contributed by atoms with Crippen LogP contribution in [0.3, 0.4) is 0 Å². The second-order valence-electron chi connectivity index (χ2n) is 6.52. The number of aliphatic hydroxyl groups excluding tert-OH is 1. The Labute approximate surface area is 165 Å². The highest BCUT2D eigenvalue weighted by Crippen LogP contribution is 2.35. The van der Waals surface area contributed by atoms with E-state index in [0.717, 1.165) is 0 Å². The van der Waals surface area contributed by atoms with Crippen molar-refractivity contribution >= 4 is 33.8 Å². The van der Waals surface area contributed by atoms with Crippen LogP contribution in [0, 0.1) is 6.92 Å². The molecular formula is C14H21N7O7S. The number of rotatable bonds is 8. The summed E-state index contributed by atoms with van der Waals surface area (Å²) in [5.41, 5.74) is 6.39. The highest BCUT2D eigenvalue weighted by Gasteiger charge is 2.48. The van der Waals surface area contributed by atoms with Gasteiger partial charge in [-0.25, -0.2) is 19.1 Å². The van der Waals surface area contributed by atoms with E-state index in [4.69, 9.17) is 15.0 Å². The van der Waals surface area contributed by atoms with Crippen LogP contribution in [-0.2, 0) is 24.1 Å². The minimum atomic E-state index is -4.88. The van der Waals surface area contributed by atoms with Crippen LogP contribution in [0.2, 0.25) is 0 Å². The number of fused-ring (bicyclic) bond motifs is 1. The fourth-order valence-corrected chi connectivity index (χ4v) is 3.76. The summed E-state index contributed by atoms with van der Waals surface area (Å²) in [6.45, 7) is 1.83. The van der Waals surface area contributed by atoms with E-state index in [1.807, 2.05) is 0 Å². The molecule has 3 heterocycles. The van der Waals surface area contributed by atoms with Crippen LogP contribution in [0.15, 0.2) is 6.33 Å². The molecule has 1 aliphatic heterocycles. The third-order valence-corrected chi connectivity index (χ3v) is 4.88. The van der Waals surface area contributed by atoms with E-state index in [1.54, 1.807) is 18.9 Å². The fourth-order valence-electron chi connectivity index (χ4n) is 3.24. The number of carbonyl (C=O) groups is 1. The maximum atomic E-state index is 11.3. The number of hydrogen-bond acceptors (Lipinski definition) is 11. The second-order valence-corrected chi connectivity index (χ2v) is 7.57. The van der Waals surface area contributed by atoms with Crippen LogP contribution in [0.25, 0.3) is 11.2 Å². The maximum absolute atomic E-state index is 11.3. The molecule has 2 aromatic rings. The van der Waals surface area contributed by atoms with E-state index in [2.05, 4.69) is 24.5 Å². The fraction of sp³-hybridized carbons (Fsp3) is 0.571. The SMILES string of the molecule is Cc1nc2c(N)ncnc2n1[C@@H]1O[C@H](CN(C)CNC=O)[C@@H](OS(=O)(=O)O)[C@H]1O. The Morgan fingerprint density at radius 3 is 2.86 bits per heavy atom. The van der Waals surface area contributed by atoms with Gasteiger partial charge in [0.05, 0.1) is 6.67 Å². The zero-order valence-corrected chi connectivity index (χ0v) is 16.4. The van der Waals surface area contributed by atoms with E-state index in [9.17, 15) is 18.3 Å². The number of ether oxygens (including phenoxy) is 1. The average Bonchev–Trinajstić information content (AvgIpc) is 3.10. The molecule has 3 rings (SSSR count). The summed E-state index contributed by atoms with van der Waals surface area (Å²) < 4.78 is 43.7. The molecule has 1 fully saturated rings. The van der Waals surface area contributed by atoms with E-state index in [-0.39, 0.29) is 24.7 Å². The number of nitrogen functional groups attached to an aromatic ring is 1. The number of anilines is 1. The van der Waals surface area contributed by atoms with Gasteiger partial charge in [-0.15, -0.1) is 0 Å². The largest absolute Gasteiger partial charge is 0.397 e. The van der Waals surface area contributed by atoms with Crippen molar-refractivity contribution in [2.24, 2.45) is 0 Å². The summed E-state index contributed by atoms with van der Waals surface area (Å²) in [6.07, 6.45) is -3.31. The molecule has 160 valence electrons. The van der Waals surface area contributed by atoms with Gasteiger partial charge in [0.2, 0.25) is 6.41 Å². The molecule has 1 aliphatic rings. The predicted molar refractivity (Wildman–Crippen MR) is 97.5 cm³/mol. The number of aryl methyl sites for hydroxylation is 1. The smallest absolute Gasteiger partial charge is 0.385 e. The summed E-state index contributed by atoms with van der Waals surface area (Å²) in [4.78, 5) is 24.3. The number of nitrogens with zero attached hydrogens (tertiary/aromatic N) is 5. The minimum absolute atomic E-state index is 0.0669. The van der Waals surface area contributed by atoms with Gasteiger partial charge in [0.15, 0.2) is 23.2 Å². The zero-order chi connectivity index (χ0) is 21.3. The van der Waals surface area contributed by atoms with E-state index in [1.165, 1.54) is 10.9 Å². The summed E-state index contributed by atoms with van der Waals surface area (Å²) in [5, 5.41) is 13.2. The third-order valence-electron chi connectivity index (χ3n) is 4.41. The molecule has 14 nitrogen and oxygen atoms in total. The van der Waals surface area contributed by atoms with Crippen LogP contribution in [0.4, 0.5) is 5.82 Å². The van der Waals surface area contributed by atoms with Crippen LogP contribution in [0.5, 0.6) is 0 Å². The number of carbonyl (C=O) groups excluding carboxylic acids is 1. The lowest BCUT2D eigenvalue weighted by Gasteiger charge is -2.23. The van der Waals surface area contributed by atoms with E-state index < -0.39 is 34.9 Å². The monoisotopic (exact) mass is 431 g/mol. The van der Waals surface area contributed by atoms with E-state index >= 15 is 0 Å². The quantitative estimate of drug-likeness (QED) is 0.200. The number of amides is 1. The summed E-state index contributed by atoms with van der Waals surface area (Å²) in [6, 6.07) is 0. The second kappa shape index (κ2) is 8.13. The number of nitrogens with two attached hydrogens (primary N) is 1. The van der Waals surface area contributed by atoms with E-state index in [0.29, 0.717) is 17.8 Å². The Morgan fingerprint density at radius 1 is 1.48 bits per heavy atom. The van der Waals surface area contributed by atoms with Crippen molar-refractivity contribution in [3.63, 3.8) is 0 Å². The van der Waals surface area contributed by atoms with Crippen LogP contribution < -0.4 is 11.1 Å². The normalized spacial score (nSPS) is 25.0. The molecule has 0 saturated carbocycles. The van der Waals surface area contributed by atoms with Crippen molar-refractivity contribution in [3.8, 4) is 0 Å². The predicted octanol–water partition coefficient (Wildman–Crippen LogP) is -2.20. The summed E-state index contributed by atoms with van der Waals surface area (Å²) in [5.74, 6) is 0.518. The molecule has 0 radical (unpaired) electrons.